The number of aryl methyl sites for hydroxylation is 1. The van der Waals surface area contributed by atoms with Gasteiger partial charge in [0.2, 0.25) is 5.91 Å². The molecule has 0 radical (unpaired) electrons. The quantitative estimate of drug-likeness (QED) is 0.726. The molecule has 0 bridgehead atoms. The number of para-hydroxylation sites is 1. The standard InChI is InChI=1S/C21H26N2O3/c1-14(2)18-10-5-7-15(3)20(18)23-19(24)11-12-22-17-9-6-8-16(13-17)21(25)26-4/h5-10,13-14,22H,11-12H2,1-4H3,(H,23,24). The van der Waals surface area contributed by atoms with Crippen molar-refractivity contribution in [1.29, 1.82) is 0 Å². The lowest BCUT2D eigenvalue weighted by Crippen LogP contribution is -2.18. The predicted molar refractivity (Wildman–Crippen MR) is 105 cm³/mol. The molecule has 0 saturated carbocycles. The SMILES string of the molecule is COC(=O)c1cccc(NCCC(=O)Nc2c(C)cccc2C(C)C)c1. The molecule has 2 aromatic carbocycles. The van der Waals surface area contributed by atoms with Crippen LogP contribution in [0.4, 0.5) is 11.4 Å². The lowest BCUT2D eigenvalue weighted by atomic mass is 9.98. The number of amides is 1. The number of hydrogen-bond donors (Lipinski definition) is 2. The highest BCUT2D eigenvalue weighted by Crippen LogP contribution is 2.27. The molecule has 1 amide bonds. The summed E-state index contributed by atoms with van der Waals surface area (Å²) in [5, 5.41) is 6.20. The monoisotopic (exact) mass is 354 g/mol. The van der Waals surface area contributed by atoms with E-state index in [1.165, 1.54) is 7.11 Å². The number of methoxy groups -OCH3 is 1. The van der Waals surface area contributed by atoms with E-state index in [-0.39, 0.29) is 11.9 Å². The van der Waals surface area contributed by atoms with Crippen LogP contribution in [0.3, 0.4) is 0 Å². The third-order valence-electron chi connectivity index (χ3n) is 4.16. The summed E-state index contributed by atoms with van der Waals surface area (Å²) in [4.78, 5) is 23.9. The number of carbonyl (C=O) groups is 2. The summed E-state index contributed by atoms with van der Waals surface area (Å²) >= 11 is 0. The van der Waals surface area contributed by atoms with E-state index >= 15 is 0 Å². The Morgan fingerprint density at radius 1 is 1.12 bits per heavy atom. The fourth-order valence-electron chi connectivity index (χ4n) is 2.74. The van der Waals surface area contributed by atoms with Crippen molar-refractivity contribution in [3.05, 3.63) is 59.2 Å². The number of rotatable bonds is 7. The first-order chi connectivity index (χ1) is 12.4. The van der Waals surface area contributed by atoms with Crippen LogP contribution in [0.2, 0.25) is 0 Å². The smallest absolute Gasteiger partial charge is 0.337 e. The first-order valence-electron chi connectivity index (χ1n) is 8.74. The topological polar surface area (TPSA) is 67.4 Å². The van der Waals surface area contributed by atoms with Crippen LogP contribution in [0.25, 0.3) is 0 Å². The van der Waals surface area contributed by atoms with Gasteiger partial charge in [-0.25, -0.2) is 4.79 Å². The Hall–Kier alpha value is -2.82. The predicted octanol–water partition coefficient (Wildman–Crippen LogP) is 4.35. The molecule has 0 atom stereocenters. The van der Waals surface area contributed by atoms with Gasteiger partial charge in [0.25, 0.3) is 0 Å². The number of carbonyl (C=O) groups excluding carboxylic acids is 2. The van der Waals surface area contributed by atoms with Crippen molar-refractivity contribution < 1.29 is 14.3 Å². The molecule has 0 aliphatic rings. The van der Waals surface area contributed by atoms with Crippen molar-refractivity contribution >= 4 is 23.3 Å². The Morgan fingerprint density at radius 3 is 2.54 bits per heavy atom. The normalized spacial score (nSPS) is 10.5. The van der Waals surface area contributed by atoms with Crippen LogP contribution in [-0.2, 0) is 9.53 Å². The number of ether oxygens (including phenoxy) is 1. The Bertz CT molecular complexity index is 785. The molecule has 0 spiro atoms. The van der Waals surface area contributed by atoms with Crippen LogP contribution in [0.1, 0.15) is 47.7 Å². The average molecular weight is 354 g/mol. The van der Waals surface area contributed by atoms with Crippen LogP contribution < -0.4 is 10.6 Å². The fourth-order valence-corrected chi connectivity index (χ4v) is 2.74. The summed E-state index contributed by atoms with van der Waals surface area (Å²) < 4.78 is 4.71. The van der Waals surface area contributed by atoms with E-state index in [1.807, 2.05) is 31.2 Å². The third-order valence-corrected chi connectivity index (χ3v) is 4.16. The van der Waals surface area contributed by atoms with E-state index in [0.717, 1.165) is 22.5 Å². The minimum Gasteiger partial charge on any atom is -0.465 e. The molecule has 0 aromatic heterocycles. The highest BCUT2D eigenvalue weighted by molar-refractivity contribution is 5.93. The van der Waals surface area contributed by atoms with Crippen molar-refractivity contribution in [1.82, 2.24) is 0 Å². The van der Waals surface area contributed by atoms with Gasteiger partial charge >= 0.3 is 5.97 Å². The molecule has 138 valence electrons. The third kappa shape index (κ3) is 5.09. The van der Waals surface area contributed by atoms with Crippen molar-refractivity contribution in [2.24, 2.45) is 0 Å². The summed E-state index contributed by atoms with van der Waals surface area (Å²) in [7, 11) is 1.35. The molecule has 0 unspecified atom stereocenters. The number of anilines is 2. The van der Waals surface area contributed by atoms with Crippen molar-refractivity contribution in [2.75, 3.05) is 24.3 Å². The zero-order valence-corrected chi connectivity index (χ0v) is 15.8. The van der Waals surface area contributed by atoms with Gasteiger partial charge in [0, 0.05) is 24.3 Å². The van der Waals surface area contributed by atoms with Crippen molar-refractivity contribution in [3.63, 3.8) is 0 Å². The zero-order chi connectivity index (χ0) is 19.1. The molecule has 2 N–H and O–H groups in total. The number of benzene rings is 2. The Morgan fingerprint density at radius 2 is 1.85 bits per heavy atom. The number of hydrogen-bond acceptors (Lipinski definition) is 4. The summed E-state index contributed by atoms with van der Waals surface area (Å²) in [6.45, 7) is 6.69. The largest absolute Gasteiger partial charge is 0.465 e. The fraction of sp³-hybridized carbons (Fsp3) is 0.333. The first-order valence-corrected chi connectivity index (χ1v) is 8.74. The maximum absolute atomic E-state index is 12.3. The van der Waals surface area contributed by atoms with Crippen LogP contribution in [0.15, 0.2) is 42.5 Å². The number of esters is 1. The molecular weight excluding hydrogens is 328 g/mol. The van der Waals surface area contributed by atoms with E-state index in [1.54, 1.807) is 18.2 Å². The van der Waals surface area contributed by atoms with Gasteiger partial charge in [0.15, 0.2) is 0 Å². The van der Waals surface area contributed by atoms with E-state index in [2.05, 4.69) is 24.5 Å². The molecule has 5 nitrogen and oxygen atoms in total. The highest BCUT2D eigenvalue weighted by atomic mass is 16.5. The lowest BCUT2D eigenvalue weighted by molar-refractivity contribution is -0.116. The zero-order valence-electron chi connectivity index (χ0n) is 15.8. The van der Waals surface area contributed by atoms with E-state index < -0.39 is 0 Å². The molecule has 26 heavy (non-hydrogen) atoms. The molecule has 0 heterocycles. The van der Waals surface area contributed by atoms with E-state index in [0.29, 0.717) is 24.4 Å². The second-order valence-corrected chi connectivity index (χ2v) is 6.49. The summed E-state index contributed by atoms with van der Waals surface area (Å²) in [5.41, 5.74) is 4.35. The first kappa shape index (κ1) is 19.5. The Balaban J connectivity index is 1.93. The second-order valence-electron chi connectivity index (χ2n) is 6.49. The average Bonchev–Trinajstić information content (AvgIpc) is 2.62. The molecule has 5 heteroatoms. The van der Waals surface area contributed by atoms with Gasteiger partial charge in [0.1, 0.15) is 0 Å². The van der Waals surface area contributed by atoms with Crippen molar-refractivity contribution in [3.8, 4) is 0 Å². The van der Waals surface area contributed by atoms with Crippen LogP contribution >= 0.6 is 0 Å². The summed E-state index contributed by atoms with van der Waals surface area (Å²) in [5.74, 6) is -0.0885. The van der Waals surface area contributed by atoms with Crippen LogP contribution in [-0.4, -0.2) is 25.5 Å². The van der Waals surface area contributed by atoms with Gasteiger partial charge in [0.05, 0.1) is 12.7 Å². The molecule has 0 aliphatic carbocycles. The molecule has 0 fully saturated rings. The minimum absolute atomic E-state index is 0.0437. The van der Waals surface area contributed by atoms with Gasteiger partial charge in [-0.15, -0.1) is 0 Å². The Labute approximate surface area is 154 Å². The summed E-state index contributed by atoms with van der Waals surface area (Å²) in [6.07, 6.45) is 0.328. The highest BCUT2D eigenvalue weighted by Gasteiger charge is 2.12. The van der Waals surface area contributed by atoms with Crippen molar-refractivity contribution in [2.45, 2.75) is 33.1 Å². The Kier molecular flexibility index (Phi) is 6.78. The molecule has 0 aliphatic heterocycles. The maximum atomic E-state index is 12.3. The van der Waals surface area contributed by atoms with E-state index in [9.17, 15) is 9.59 Å². The van der Waals surface area contributed by atoms with Gasteiger partial charge < -0.3 is 15.4 Å². The van der Waals surface area contributed by atoms with E-state index in [4.69, 9.17) is 4.74 Å². The van der Waals surface area contributed by atoms with Gasteiger partial charge in [-0.1, -0.05) is 38.1 Å². The molecule has 2 rings (SSSR count). The number of nitrogens with one attached hydrogen (secondary N) is 2. The molecule has 2 aromatic rings. The van der Waals surface area contributed by atoms with Crippen LogP contribution in [0.5, 0.6) is 0 Å². The second kappa shape index (κ2) is 9.04. The maximum Gasteiger partial charge on any atom is 0.337 e. The summed E-state index contributed by atoms with van der Waals surface area (Å²) in [6, 6.07) is 13.1. The van der Waals surface area contributed by atoms with Gasteiger partial charge in [-0.2, -0.15) is 0 Å². The molecule has 0 saturated heterocycles. The van der Waals surface area contributed by atoms with Gasteiger partial charge in [-0.05, 0) is 42.2 Å². The minimum atomic E-state index is -0.382. The van der Waals surface area contributed by atoms with Gasteiger partial charge in [-0.3, -0.25) is 4.79 Å². The lowest BCUT2D eigenvalue weighted by Gasteiger charge is -2.16. The van der Waals surface area contributed by atoms with Crippen LogP contribution in [0, 0.1) is 6.92 Å². The molecular formula is C21H26N2O3.